The molecule has 3 N–H and O–H groups in total. The van der Waals surface area contributed by atoms with Gasteiger partial charge in [0, 0.05) is 5.56 Å². The maximum Gasteiger partial charge on any atom is 0.287 e. The van der Waals surface area contributed by atoms with Crippen molar-refractivity contribution in [1.29, 1.82) is 0 Å². The lowest BCUT2D eigenvalue weighted by Gasteiger charge is -2.40. The minimum atomic E-state index is -0.558. The first kappa shape index (κ1) is 17.0. The molecule has 1 aliphatic carbocycles. The fourth-order valence-electron chi connectivity index (χ4n) is 3.43. The Morgan fingerprint density at radius 3 is 2.22 bits per heavy atom. The van der Waals surface area contributed by atoms with Crippen molar-refractivity contribution in [3.05, 3.63) is 78.0 Å². The van der Waals surface area contributed by atoms with E-state index in [1.807, 2.05) is 60.7 Å². The Kier molecular flexibility index (Phi) is 4.46. The van der Waals surface area contributed by atoms with Gasteiger partial charge in [0.25, 0.3) is 5.91 Å². The van der Waals surface area contributed by atoms with Crippen LogP contribution in [0.1, 0.15) is 35.3 Å². The first-order valence-electron chi connectivity index (χ1n) is 8.96. The van der Waals surface area contributed by atoms with Crippen LogP contribution >= 0.6 is 0 Å². The highest BCUT2D eigenvalue weighted by Gasteiger charge is 2.45. The van der Waals surface area contributed by atoms with Crippen LogP contribution in [0.15, 0.2) is 66.7 Å². The molecule has 6 nitrogen and oxygen atoms in total. The van der Waals surface area contributed by atoms with Crippen molar-refractivity contribution >= 4 is 11.8 Å². The molecule has 1 fully saturated rings. The zero-order valence-corrected chi connectivity index (χ0v) is 14.7. The SMILES string of the molecule is O=C(NNC(=O)C1(c2ccccc2)CCC1)c1cc(-c2ccccc2)n[nH]1. The van der Waals surface area contributed by atoms with E-state index in [2.05, 4.69) is 21.0 Å². The van der Waals surface area contributed by atoms with E-state index in [-0.39, 0.29) is 11.6 Å². The van der Waals surface area contributed by atoms with Crippen LogP contribution in [0.25, 0.3) is 11.3 Å². The van der Waals surface area contributed by atoms with Gasteiger partial charge in [0.1, 0.15) is 5.69 Å². The third kappa shape index (κ3) is 3.21. The molecule has 2 amide bonds. The second-order valence-electron chi connectivity index (χ2n) is 6.74. The van der Waals surface area contributed by atoms with Gasteiger partial charge in [-0.05, 0) is 24.5 Å². The summed E-state index contributed by atoms with van der Waals surface area (Å²) in [5.41, 5.74) is 7.38. The average Bonchev–Trinajstić information content (AvgIpc) is 3.17. The second kappa shape index (κ2) is 7.07. The number of H-pyrrole nitrogens is 1. The molecule has 2 aromatic carbocycles. The van der Waals surface area contributed by atoms with Crippen molar-refractivity contribution in [2.75, 3.05) is 0 Å². The van der Waals surface area contributed by atoms with Crippen LogP contribution in [-0.2, 0) is 10.2 Å². The van der Waals surface area contributed by atoms with Crippen molar-refractivity contribution in [2.45, 2.75) is 24.7 Å². The fraction of sp³-hybridized carbons (Fsp3) is 0.190. The number of aromatic amines is 1. The van der Waals surface area contributed by atoms with Crippen molar-refractivity contribution in [3.8, 4) is 11.3 Å². The molecule has 4 rings (SSSR count). The van der Waals surface area contributed by atoms with Gasteiger partial charge >= 0.3 is 0 Å². The summed E-state index contributed by atoms with van der Waals surface area (Å²) in [6.45, 7) is 0. The molecule has 1 heterocycles. The summed E-state index contributed by atoms with van der Waals surface area (Å²) in [6.07, 6.45) is 2.55. The van der Waals surface area contributed by atoms with E-state index < -0.39 is 11.3 Å². The standard InChI is InChI=1S/C21H20N4O2/c26-19(18-14-17(22-23-18)15-8-3-1-4-9-15)24-25-20(27)21(12-7-13-21)16-10-5-2-6-11-16/h1-6,8-11,14H,7,12-13H2,(H,22,23)(H,24,26)(H,25,27). The van der Waals surface area contributed by atoms with Gasteiger partial charge in [-0.3, -0.25) is 25.5 Å². The van der Waals surface area contributed by atoms with E-state index in [0.717, 1.165) is 30.4 Å². The first-order valence-corrected chi connectivity index (χ1v) is 8.96. The van der Waals surface area contributed by atoms with Crippen LogP contribution in [-0.4, -0.2) is 22.0 Å². The smallest absolute Gasteiger partial charge is 0.272 e. The van der Waals surface area contributed by atoms with Crippen LogP contribution in [0.4, 0.5) is 0 Å². The highest BCUT2D eigenvalue weighted by Crippen LogP contribution is 2.43. The Morgan fingerprint density at radius 1 is 0.926 bits per heavy atom. The number of nitrogens with zero attached hydrogens (tertiary/aromatic N) is 1. The first-order chi connectivity index (χ1) is 13.2. The lowest BCUT2D eigenvalue weighted by Crippen LogP contribution is -2.54. The summed E-state index contributed by atoms with van der Waals surface area (Å²) < 4.78 is 0. The summed E-state index contributed by atoms with van der Waals surface area (Å²) >= 11 is 0. The van der Waals surface area contributed by atoms with E-state index in [1.165, 1.54) is 0 Å². The Labute approximate surface area is 157 Å². The van der Waals surface area contributed by atoms with Gasteiger partial charge in [-0.25, -0.2) is 0 Å². The lowest BCUT2D eigenvalue weighted by molar-refractivity contribution is -0.130. The number of nitrogens with one attached hydrogen (secondary N) is 3. The van der Waals surface area contributed by atoms with Crippen LogP contribution in [0.2, 0.25) is 0 Å². The number of amides is 2. The third-order valence-electron chi connectivity index (χ3n) is 5.15. The molecule has 0 atom stereocenters. The molecule has 1 aliphatic rings. The number of hydrogen-bond acceptors (Lipinski definition) is 3. The minimum absolute atomic E-state index is 0.184. The third-order valence-corrected chi connectivity index (χ3v) is 5.15. The number of carbonyl (C=O) groups is 2. The Balaban J connectivity index is 1.42. The number of hydrazine groups is 1. The molecule has 136 valence electrons. The van der Waals surface area contributed by atoms with E-state index in [1.54, 1.807) is 6.07 Å². The van der Waals surface area contributed by atoms with E-state index in [9.17, 15) is 9.59 Å². The van der Waals surface area contributed by atoms with E-state index >= 15 is 0 Å². The summed E-state index contributed by atoms with van der Waals surface area (Å²) in [6, 6.07) is 20.9. The van der Waals surface area contributed by atoms with Gasteiger partial charge in [-0.2, -0.15) is 5.10 Å². The average molecular weight is 360 g/mol. The topological polar surface area (TPSA) is 86.9 Å². The van der Waals surface area contributed by atoms with Crippen molar-refractivity contribution in [2.24, 2.45) is 0 Å². The Hall–Kier alpha value is -3.41. The Bertz CT molecular complexity index is 947. The van der Waals surface area contributed by atoms with Gasteiger partial charge in [-0.1, -0.05) is 67.1 Å². The number of carbonyl (C=O) groups excluding carboxylic acids is 2. The monoisotopic (exact) mass is 360 g/mol. The maximum atomic E-state index is 12.8. The molecule has 3 aromatic rings. The predicted octanol–water partition coefficient (Wildman–Crippen LogP) is 2.96. The van der Waals surface area contributed by atoms with Crippen LogP contribution in [0.3, 0.4) is 0 Å². The summed E-state index contributed by atoms with van der Waals surface area (Å²) in [4.78, 5) is 25.1. The zero-order chi connectivity index (χ0) is 18.7. The number of aromatic nitrogens is 2. The molecule has 0 saturated heterocycles. The molecule has 0 bridgehead atoms. The van der Waals surface area contributed by atoms with Gasteiger partial charge in [0.2, 0.25) is 5.91 Å². The maximum absolute atomic E-state index is 12.8. The molecular formula is C21H20N4O2. The van der Waals surface area contributed by atoms with Crippen molar-refractivity contribution in [3.63, 3.8) is 0 Å². The molecule has 6 heteroatoms. The molecule has 0 spiro atoms. The molecular weight excluding hydrogens is 340 g/mol. The fourth-order valence-corrected chi connectivity index (χ4v) is 3.43. The van der Waals surface area contributed by atoms with Gasteiger partial charge in [0.15, 0.2) is 0 Å². The Morgan fingerprint density at radius 2 is 1.59 bits per heavy atom. The van der Waals surface area contributed by atoms with E-state index in [0.29, 0.717) is 5.69 Å². The number of hydrogen-bond donors (Lipinski definition) is 3. The normalized spacial score (nSPS) is 14.8. The minimum Gasteiger partial charge on any atom is -0.272 e. The molecule has 1 aromatic heterocycles. The highest BCUT2D eigenvalue weighted by atomic mass is 16.2. The largest absolute Gasteiger partial charge is 0.287 e. The van der Waals surface area contributed by atoms with Gasteiger partial charge in [-0.15, -0.1) is 0 Å². The molecule has 0 unspecified atom stereocenters. The molecule has 27 heavy (non-hydrogen) atoms. The predicted molar refractivity (Wildman–Crippen MR) is 102 cm³/mol. The summed E-state index contributed by atoms with van der Waals surface area (Å²) in [5, 5.41) is 6.87. The highest BCUT2D eigenvalue weighted by molar-refractivity contribution is 5.96. The van der Waals surface area contributed by atoms with Crippen LogP contribution < -0.4 is 10.9 Å². The molecule has 1 saturated carbocycles. The summed E-state index contributed by atoms with van der Waals surface area (Å²) in [5.74, 6) is -0.614. The van der Waals surface area contributed by atoms with Gasteiger partial charge in [0.05, 0.1) is 11.1 Å². The van der Waals surface area contributed by atoms with E-state index in [4.69, 9.17) is 0 Å². The second-order valence-corrected chi connectivity index (χ2v) is 6.74. The lowest BCUT2D eigenvalue weighted by atomic mass is 9.64. The number of rotatable bonds is 4. The zero-order valence-electron chi connectivity index (χ0n) is 14.7. The molecule has 0 aliphatic heterocycles. The quantitative estimate of drug-likeness (QED) is 0.625. The van der Waals surface area contributed by atoms with Crippen molar-refractivity contribution in [1.82, 2.24) is 21.0 Å². The summed E-state index contributed by atoms with van der Waals surface area (Å²) in [7, 11) is 0. The van der Waals surface area contributed by atoms with Crippen LogP contribution in [0, 0.1) is 0 Å². The number of benzene rings is 2. The van der Waals surface area contributed by atoms with Crippen LogP contribution in [0.5, 0.6) is 0 Å². The van der Waals surface area contributed by atoms with Crippen molar-refractivity contribution < 1.29 is 9.59 Å². The molecule has 0 radical (unpaired) electrons. The van der Waals surface area contributed by atoms with Gasteiger partial charge < -0.3 is 0 Å².